The van der Waals surface area contributed by atoms with Gasteiger partial charge in [0.25, 0.3) is 0 Å². The minimum Gasteiger partial charge on any atom is -0.759 e. The lowest BCUT2D eigenvalue weighted by molar-refractivity contribution is 0.0514. The molecule has 2 aliphatic rings. The van der Waals surface area contributed by atoms with E-state index in [0.717, 1.165) is 11.1 Å². The topological polar surface area (TPSA) is 157 Å². The zero-order valence-corrected chi connectivity index (χ0v) is 42.5. The molecule has 6 aromatic carbocycles. The Bertz CT molecular complexity index is 2630. The summed E-state index contributed by atoms with van der Waals surface area (Å²) >= 11 is 0. The zero-order chi connectivity index (χ0) is 50.2. The summed E-state index contributed by atoms with van der Waals surface area (Å²) in [5.74, 6) is 4.82. The van der Waals surface area contributed by atoms with Gasteiger partial charge in [0, 0.05) is 35.2 Å². The Morgan fingerprint density at radius 2 is 0.971 bits per heavy atom. The van der Waals surface area contributed by atoms with Crippen LogP contribution in [-0.2, 0) is 15.1 Å². The molecule has 0 radical (unpaired) electrons. The Balaban J connectivity index is 0.000000164. The van der Waals surface area contributed by atoms with E-state index >= 15 is 0 Å². The lowest BCUT2D eigenvalue weighted by Crippen LogP contribution is -2.29. The number of fused-ring (bicyclic) bond motifs is 2. The van der Waals surface area contributed by atoms with Crippen LogP contribution < -0.4 is 37.1 Å². The van der Waals surface area contributed by atoms with Gasteiger partial charge in [-0.2, -0.15) is 9.78 Å². The second-order valence-electron chi connectivity index (χ2n) is 17.1. The standard InChI is InChI=1S/2C21H20P.C14H18N4O3.H2O4S/c2*1-2-18-22(19-12-6-3-7-13-19,20-14-8-4-9-15-20)21-16-10-5-11-17-21;1-14(2,3)21-13(20)18-7-9(6-15-18)10-4-5-17-8-11(10)16-12(17)19;1-5(2,3)4/h2*2-18H,1H3;4,6-7,11H,5,8H2,1-3H3,(H,16,19);(H2,1,2,3,4)/q2*+1;;/p-2. The van der Waals surface area contributed by atoms with E-state index in [4.69, 9.17) is 22.3 Å². The van der Waals surface area contributed by atoms with Crippen molar-refractivity contribution in [2.24, 2.45) is 0 Å². The number of rotatable bonds is 9. The molecule has 1 aromatic heterocycles. The number of hydrogen-bond donors (Lipinski definition) is 1. The molecule has 1 atom stereocenters. The number of carbonyl (C=O) groups excluding carboxylic acids is 2. The van der Waals surface area contributed by atoms with E-state index in [9.17, 15) is 9.59 Å². The number of nitrogens with one attached hydrogen (secondary N) is 1. The van der Waals surface area contributed by atoms with E-state index in [0.29, 0.717) is 13.1 Å². The number of hydrogen-bond acceptors (Lipinski definition) is 8. The van der Waals surface area contributed by atoms with Gasteiger partial charge in [-0.25, -0.2) is 9.59 Å². The van der Waals surface area contributed by atoms with Crippen LogP contribution in [0.5, 0.6) is 0 Å². The minimum absolute atomic E-state index is 0.0393. The number of aromatic nitrogens is 2. The van der Waals surface area contributed by atoms with Crippen LogP contribution in [-0.4, -0.2) is 69.1 Å². The van der Waals surface area contributed by atoms with Gasteiger partial charge in [0.15, 0.2) is 0 Å². The van der Waals surface area contributed by atoms with E-state index in [-0.39, 0.29) is 12.1 Å². The van der Waals surface area contributed by atoms with Gasteiger partial charge in [0.1, 0.15) is 52.0 Å². The quantitative estimate of drug-likeness (QED) is 0.0853. The molecule has 1 N–H and O–H groups in total. The number of benzene rings is 6. The summed E-state index contributed by atoms with van der Waals surface area (Å²) in [7, 11) is -8.63. The highest BCUT2D eigenvalue weighted by atomic mass is 32.3. The molecule has 1 fully saturated rings. The van der Waals surface area contributed by atoms with Crippen molar-refractivity contribution in [1.29, 1.82) is 0 Å². The third-order valence-corrected chi connectivity index (χ3v) is 19.3. The summed E-state index contributed by atoms with van der Waals surface area (Å²) in [6.07, 6.45) is 9.13. The van der Waals surface area contributed by atoms with Crippen LogP contribution in [0.3, 0.4) is 0 Å². The van der Waals surface area contributed by atoms with E-state index < -0.39 is 36.6 Å². The lowest BCUT2D eigenvalue weighted by Gasteiger charge is -2.23. The molecule has 2 bridgehead atoms. The molecule has 1 unspecified atom stereocenters. The van der Waals surface area contributed by atoms with Crippen molar-refractivity contribution < 1.29 is 31.8 Å². The summed E-state index contributed by atoms with van der Waals surface area (Å²) in [6.45, 7) is 10.9. The minimum atomic E-state index is -5.17. The molecule has 1 saturated heterocycles. The fraction of sp³-hybridized carbons (Fsp3) is 0.161. The van der Waals surface area contributed by atoms with Crippen LogP contribution in [0.25, 0.3) is 5.57 Å². The molecule has 9 rings (SSSR count). The van der Waals surface area contributed by atoms with Gasteiger partial charge in [-0.15, -0.1) is 0 Å². The lowest BCUT2D eigenvalue weighted by atomic mass is 9.99. The predicted molar refractivity (Wildman–Crippen MR) is 286 cm³/mol. The smallest absolute Gasteiger partial charge is 0.435 e. The number of amides is 2. The van der Waals surface area contributed by atoms with Gasteiger partial charge in [-0.1, -0.05) is 127 Å². The molecule has 2 amide bonds. The maximum atomic E-state index is 11.9. The van der Waals surface area contributed by atoms with Gasteiger partial charge < -0.3 is 24.1 Å². The van der Waals surface area contributed by atoms with Crippen molar-refractivity contribution in [1.82, 2.24) is 20.0 Å². The molecule has 70 heavy (non-hydrogen) atoms. The Kier molecular flexibility index (Phi) is 18.2. The van der Waals surface area contributed by atoms with Crippen molar-refractivity contribution in [2.75, 3.05) is 13.1 Å². The molecule has 11 nitrogen and oxygen atoms in total. The molecule has 0 saturated carbocycles. The van der Waals surface area contributed by atoms with Crippen LogP contribution in [0.15, 0.2) is 224 Å². The van der Waals surface area contributed by atoms with Crippen LogP contribution >= 0.6 is 14.5 Å². The fourth-order valence-corrected chi connectivity index (χ4v) is 15.9. The van der Waals surface area contributed by atoms with E-state index in [2.05, 4.69) is 230 Å². The van der Waals surface area contributed by atoms with Crippen molar-refractivity contribution in [3.63, 3.8) is 0 Å². The zero-order valence-electron chi connectivity index (χ0n) is 39.9. The monoisotopic (exact) mass is 992 g/mol. The molecule has 0 spiro atoms. The van der Waals surface area contributed by atoms with Crippen molar-refractivity contribution in [2.45, 2.75) is 46.3 Å². The Hall–Kier alpha value is -6.78. The Morgan fingerprint density at radius 3 is 1.27 bits per heavy atom. The number of allylic oxidation sites excluding steroid dienone is 2. The summed E-state index contributed by atoms with van der Waals surface area (Å²) in [5.41, 5.74) is 1.26. The van der Waals surface area contributed by atoms with Gasteiger partial charge in [-0.3, -0.25) is 8.42 Å². The first kappa shape index (κ1) is 52.6. The van der Waals surface area contributed by atoms with Crippen molar-refractivity contribution >= 4 is 74.4 Å². The largest absolute Gasteiger partial charge is 0.759 e. The third-order valence-electron chi connectivity index (χ3n) is 11.1. The summed E-state index contributed by atoms with van der Waals surface area (Å²) in [5, 5.41) is 15.3. The first-order valence-electron chi connectivity index (χ1n) is 22.7. The molecule has 14 heteroatoms. The molecule has 360 valence electrons. The van der Waals surface area contributed by atoms with E-state index in [1.807, 2.05) is 26.8 Å². The second kappa shape index (κ2) is 24.2. The fourth-order valence-electron chi connectivity index (χ4n) is 8.31. The maximum absolute atomic E-state index is 11.9. The van der Waals surface area contributed by atoms with E-state index in [1.165, 1.54) is 36.5 Å². The highest BCUT2D eigenvalue weighted by Crippen LogP contribution is 2.57. The SMILES string of the molecule is CC(C)(C)OC(=O)n1cc(C2=CCN3CC2NC3=O)cn1.CC=C[P+](c1ccccc1)(c1ccccc1)c1ccccc1.CC=C[P+](c1ccccc1)(c1ccccc1)c1ccccc1.O=S(=O)([O-])[O-]. The second-order valence-corrected chi connectivity index (χ2v) is 24.5. The molecular weight excluding hydrogens is 935 g/mol. The first-order valence-corrected chi connectivity index (χ1v) is 27.7. The summed E-state index contributed by atoms with van der Waals surface area (Å²) in [4.78, 5) is 25.3. The molecule has 7 aromatic rings. The average molecular weight is 993 g/mol. The number of nitrogens with zero attached hydrogens (tertiary/aromatic N) is 3. The van der Waals surface area contributed by atoms with Crippen LogP contribution in [0.4, 0.5) is 9.59 Å². The molecule has 3 heterocycles. The predicted octanol–water partition coefficient (Wildman–Crippen LogP) is 9.15. The number of urea groups is 1. The molecule has 2 aliphatic heterocycles. The van der Waals surface area contributed by atoms with Crippen molar-refractivity contribution in [3.8, 4) is 0 Å². The molecular formula is C56H58N4O7P2S. The maximum Gasteiger partial charge on any atom is 0.435 e. The summed E-state index contributed by atoms with van der Waals surface area (Å²) in [6, 6.07) is 65.2. The van der Waals surface area contributed by atoms with E-state index in [1.54, 1.807) is 17.3 Å². The normalized spacial score (nSPS) is 14.5. The Labute approximate surface area is 413 Å². The highest BCUT2D eigenvalue weighted by Gasteiger charge is 2.44. The average Bonchev–Trinajstić information content (AvgIpc) is 3.97. The number of carbonyl (C=O) groups is 2. The Morgan fingerprint density at radius 1 is 0.643 bits per heavy atom. The third kappa shape index (κ3) is 13.5. The molecule has 0 aliphatic carbocycles. The number of ether oxygens (including phenoxy) is 1. The van der Waals surface area contributed by atoms with Gasteiger partial charge in [0.2, 0.25) is 0 Å². The van der Waals surface area contributed by atoms with Gasteiger partial charge in [0.05, 0.1) is 23.9 Å². The van der Waals surface area contributed by atoms with Crippen LogP contribution in [0.1, 0.15) is 40.2 Å². The first-order chi connectivity index (χ1) is 33.6. The van der Waals surface area contributed by atoms with Gasteiger partial charge in [-0.05, 0) is 113 Å². The van der Waals surface area contributed by atoms with Crippen LogP contribution in [0, 0.1) is 0 Å². The van der Waals surface area contributed by atoms with Crippen LogP contribution in [0.2, 0.25) is 0 Å². The highest BCUT2D eigenvalue weighted by molar-refractivity contribution is 7.98. The van der Waals surface area contributed by atoms with Crippen molar-refractivity contribution in [3.05, 3.63) is 230 Å². The van der Waals surface area contributed by atoms with Gasteiger partial charge >= 0.3 is 12.1 Å². The summed E-state index contributed by atoms with van der Waals surface area (Å²) < 4.78 is 40.5.